The second-order valence-corrected chi connectivity index (χ2v) is 5.10. The topological polar surface area (TPSA) is 71.2 Å². The summed E-state index contributed by atoms with van der Waals surface area (Å²) in [6, 6.07) is 1.57. The monoisotopic (exact) mass is 288 g/mol. The molecule has 0 spiro atoms. The number of carbonyl (C=O) groups excluding carboxylic acids is 2. The van der Waals surface area contributed by atoms with Gasteiger partial charge in [-0.3, -0.25) is 10.1 Å². The van der Waals surface area contributed by atoms with E-state index in [0.29, 0.717) is 0 Å². The lowest BCUT2D eigenvalue weighted by atomic mass is 10.2. The highest BCUT2D eigenvalue weighted by Crippen LogP contribution is 2.11. The summed E-state index contributed by atoms with van der Waals surface area (Å²) in [6.07, 6.45) is 0.840. The number of halogens is 1. The highest BCUT2D eigenvalue weighted by atomic mass is 79.9. The van der Waals surface area contributed by atoms with E-state index in [0.717, 1.165) is 4.47 Å². The second kappa shape index (κ2) is 4.69. The molecule has 88 valence electrons. The number of aromatic amines is 1. The van der Waals surface area contributed by atoms with Crippen LogP contribution in [0.4, 0.5) is 4.79 Å². The van der Waals surface area contributed by atoms with E-state index in [4.69, 9.17) is 4.74 Å². The Morgan fingerprint density at radius 2 is 2.06 bits per heavy atom. The van der Waals surface area contributed by atoms with Crippen LogP contribution in [0.15, 0.2) is 16.7 Å². The average molecular weight is 289 g/mol. The molecule has 0 unspecified atom stereocenters. The minimum Gasteiger partial charge on any atom is -0.444 e. The lowest BCUT2D eigenvalue weighted by Crippen LogP contribution is -2.36. The zero-order chi connectivity index (χ0) is 12.3. The van der Waals surface area contributed by atoms with Gasteiger partial charge in [0.05, 0.1) is 0 Å². The first-order chi connectivity index (χ1) is 7.28. The number of alkyl carbamates (subject to hydrolysis) is 1. The van der Waals surface area contributed by atoms with Crippen molar-refractivity contribution < 1.29 is 14.3 Å². The fraction of sp³-hybridized carbons (Fsp3) is 0.400. The normalized spacial score (nSPS) is 11.0. The number of carbonyl (C=O) groups is 2. The van der Waals surface area contributed by atoms with Gasteiger partial charge in [0.1, 0.15) is 11.3 Å². The lowest BCUT2D eigenvalue weighted by molar-refractivity contribution is 0.0507. The SMILES string of the molecule is CC(C)(C)OC(=O)NC(=O)c1cc(Br)c[nH]1. The van der Waals surface area contributed by atoms with Crippen LogP contribution in [-0.4, -0.2) is 22.6 Å². The first kappa shape index (κ1) is 12.8. The third kappa shape index (κ3) is 4.06. The maximum absolute atomic E-state index is 11.5. The Kier molecular flexibility index (Phi) is 3.74. The third-order valence-electron chi connectivity index (χ3n) is 1.51. The van der Waals surface area contributed by atoms with Gasteiger partial charge in [0.25, 0.3) is 5.91 Å². The number of amides is 2. The zero-order valence-corrected chi connectivity index (χ0v) is 10.8. The van der Waals surface area contributed by atoms with Crippen molar-refractivity contribution in [3.05, 3.63) is 22.4 Å². The fourth-order valence-electron chi connectivity index (χ4n) is 0.963. The summed E-state index contributed by atoms with van der Waals surface area (Å²) >= 11 is 3.19. The van der Waals surface area contributed by atoms with Gasteiger partial charge in [-0.2, -0.15) is 0 Å². The number of H-pyrrole nitrogens is 1. The number of hydrogen-bond donors (Lipinski definition) is 2. The second-order valence-electron chi connectivity index (χ2n) is 4.19. The van der Waals surface area contributed by atoms with Crippen LogP contribution in [0.5, 0.6) is 0 Å². The molecule has 1 aromatic heterocycles. The van der Waals surface area contributed by atoms with Gasteiger partial charge in [0.15, 0.2) is 0 Å². The van der Waals surface area contributed by atoms with Crippen molar-refractivity contribution in [1.82, 2.24) is 10.3 Å². The number of aromatic nitrogens is 1. The molecular formula is C10H13BrN2O3. The third-order valence-corrected chi connectivity index (χ3v) is 1.96. The average Bonchev–Trinajstić information content (AvgIpc) is 2.47. The minimum atomic E-state index is -0.761. The number of ether oxygens (including phenoxy) is 1. The molecule has 0 atom stereocenters. The Labute approximate surface area is 102 Å². The van der Waals surface area contributed by atoms with E-state index in [1.54, 1.807) is 33.0 Å². The van der Waals surface area contributed by atoms with Crippen molar-refractivity contribution in [1.29, 1.82) is 0 Å². The summed E-state index contributed by atoms with van der Waals surface area (Å²) in [5.41, 5.74) is -0.335. The van der Waals surface area contributed by atoms with Crippen LogP contribution in [0, 0.1) is 0 Å². The minimum absolute atomic E-state index is 0.290. The van der Waals surface area contributed by atoms with Crippen LogP contribution in [-0.2, 0) is 4.74 Å². The number of nitrogens with one attached hydrogen (secondary N) is 2. The molecule has 0 saturated heterocycles. The van der Waals surface area contributed by atoms with Gasteiger partial charge in [0.2, 0.25) is 0 Å². The Bertz CT molecular complexity index is 406. The van der Waals surface area contributed by atoms with E-state index in [1.807, 2.05) is 0 Å². The Balaban J connectivity index is 2.56. The van der Waals surface area contributed by atoms with E-state index < -0.39 is 17.6 Å². The van der Waals surface area contributed by atoms with Crippen LogP contribution in [0.2, 0.25) is 0 Å². The van der Waals surface area contributed by atoms with Gasteiger partial charge in [-0.05, 0) is 42.8 Å². The van der Waals surface area contributed by atoms with E-state index in [2.05, 4.69) is 26.2 Å². The van der Waals surface area contributed by atoms with Crippen LogP contribution in [0.25, 0.3) is 0 Å². The van der Waals surface area contributed by atoms with Gasteiger partial charge in [-0.25, -0.2) is 4.79 Å². The predicted molar refractivity (Wildman–Crippen MR) is 62.2 cm³/mol. The fourth-order valence-corrected chi connectivity index (χ4v) is 1.31. The van der Waals surface area contributed by atoms with Gasteiger partial charge >= 0.3 is 6.09 Å². The Hall–Kier alpha value is -1.30. The van der Waals surface area contributed by atoms with Crippen molar-refractivity contribution in [2.75, 3.05) is 0 Å². The number of hydrogen-bond acceptors (Lipinski definition) is 3. The molecule has 5 nitrogen and oxygen atoms in total. The van der Waals surface area contributed by atoms with Gasteiger partial charge < -0.3 is 9.72 Å². The summed E-state index contributed by atoms with van der Waals surface area (Å²) < 4.78 is 5.68. The zero-order valence-electron chi connectivity index (χ0n) is 9.26. The molecule has 0 saturated carbocycles. The summed E-state index contributed by atoms with van der Waals surface area (Å²) in [5, 5.41) is 2.11. The molecule has 0 aliphatic carbocycles. The Morgan fingerprint density at radius 3 is 2.50 bits per heavy atom. The molecule has 0 radical (unpaired) electrons. The van der Waals surface area contributed by atoms with E-state index in [-0.39, 0.29) is 5.69 Å². The molecule has 1 aromatic rings. The summed E-state index contributed by atoms with van der Waals surface area (Å²) in [6.45, 7) is 5.17. The molecule has 1 rings (SSSR count). The van der Waals surface area contributed by atoms with Crippen molar-refractivity contribution in [2.24, 2.45) is 0 Å². The van der Waals surface area contributed by atoms with Crippen LogP contribution < -0.4 is 5.32 Å². The van der Waals surface area contributed by atoms with Crippen molar-refractivity contribution in [3.63, 3.8) is 0 Å². The first-order valence-electron chi connectivity index (χ1n) is 4.66. The molecule has 1 heterocycles. The highest BCUT2D eigenvalue weighted by Gasteiger charge is 2.19. The van der Waals surface area contributed by atoms with E-state index in [1.165, 1.54) is 0 Å². The molecule has 0 aliphatic rings. The molecule has 0 aliphatic heterocycles. The van der Waals surface area contributed by atoms with Crippen molar-refractivity contribution in [2.45, 2.75) is 26.4 Å². The molecule has 6 heteroatoms. The molecule has 2 amide bonds. The van der Waals surface area contributed by atoms with Gasteiger partial charge in [0, 0.05) is 10.7 Å². The molecule has 0 fully saturated rings. The van der Waals surface area contributed by atoms with Crippen molar-refractivity contribution in [3.8, 4) is 0 Å². The highest BCUT2D eigenvalue weighted by molar-refractivity contribution is 9.10. The molecule has 0 aromatic carbocycles. The largest absolute Gasteiger partial charge is 0.444 e. The van der Waals surface area contributed by atoms with Crippen molar-refractivity contribution >= 4 is 27.9 Å². The number of rotatable bonds is 1. The molecule has 2 N–H and O–H groups in total. The van der Waals surface area contributed by atoms with E-state index in [9.17, 15) is 9.59 Å². The predicted octanol–water partition coefficient (Wildman–Crippen LogP) is 2.44. The standard InChI is InChI=1S/C10H13BrN2O3/c1-10(2,3)16-9(15)13-8(14)7-4-6(11)5-12-7/h4-5,12H,1-3H3,(H,13,14,15). The quantitative estimate of drug-likeness (QED) is 0.834. The smallest absolute Gasteiger partial charge is 0.414 e. The van der Waals surface area contributed by atoms with Crippen LogP contribution >= 0.6 is 15.9 Å². The summed E-state index contributed by atoms with van der Waals surface area (Å²) in [5.74, 6) is -0.528. The first-order valence-corrected chi connectivity index (χ1v) is 5.45. The van der Waals surface area contributed by atoms with Gasteiger partial charge in [-0.15, -0.1) is 0 Å². The molecular weight excluding hydrogens is 276 g/mol. The number of imide groups is 1. The maximum Gasteiger partial charge on any atom is 0.414 e. The molecule has 16 heavy (non-hydrogen) atoms. The summed E-state index contributed by atoms with van der Waals surface area (Å²) in [7, 11) is 0. The van der Waals surface area contributed by atoms with Crippen LogP contribution in [0.3, 0.4) is 0 Å². The van der Waals surface area contributed by atoms with E-state index >= 15 is 0 Å². The Morgan fingerprint density at radius 1 is 1.44 bits per heavy atom. The lowest BCUT2D eigenvalue weighted by Gasteiger charge is -2.19. The van der Waals surface area contributed by atoms with Gasteiger partial charge in [-0.1, -0.05) is 0 Å². The maximum atomic E-state index is 11.5. The molecule has 0 bridgehead atoms. The van der Waals surface area contributed by atoms with Crippen LogP contribution in [0.1, 0.15) is 31.3 Å². The summed E-state index contributed by atoms with van der Waals surface area (Å²) in [4.78, 5) is 25.5.